The molecule has 0 unspecified atom stereocenters. The predicted octanol–water partition coefficient (Wildman–Crippen LogP) is 0.0525. The summed E-state index contributed by atoms with van der Waals surface area (Å²) >= 11 is 0. The summed E-state index contributed by atoms with van der Waals surface area (Å²) in [6, 6.07) is -1.14. The molecule has 0 saturated carbocycles. The van der Waals surface area contributed by atoms with E-state index in [9.17, 15) is 26.7 Å². The van der Waals surface area contributed by atoms with Gasteiger partial charge in [-0.15, -0.1) is 0 Å². The number of nitrogens with one attached hydrogen (secondary N) is 1. The maximum atomic E-state index is 12.8. The SMILES string of the molecule is C[C@@H](O)[C@@H](CO)Nc1nc(S(C)(=O)=O)ncc1C(F)(F)F. The van der Waals surface area contributed by atoms with Gasteiger partial charge in [-0.3, -0.25) is 0 Å². The van der Waals surface area contributed by atoms with Crippen molar-refractivity contribution < 1.29 is 31.8 Å². The number of rotatable bonds is 5. The number of hydrogen-bond acceptors (Lipinski definition) is 7. The van der Waals surface area contributed by atoms with Gasteiger partial charge in [0.15, 0.2) is 0 Å². The summed E-state index contributed by atoms with van der Waals surface area (Å²) in [6.45, 7) is 0.576. The number of halogens is 3. The van der Waals surface area contributed by atoms with Crippen molar-refractivity contribution in [3.8, 4) is 0 Å². The van der Waals surface area contributed by atoms with Gasteiger partial charge >= 0.3 is 6.18 Å². The molecule has 0 aliphatic rings. The fraction of sp³-hybridized carbons (Fsp3) is 0.600. The van der Waals surface area contributed by atoms with Gasteiger partial charge in [-0.1, -0.05) is 0 Å². The van der Waals surface area contributed by atoms with Crippen molar-refractivity contribution in [2.75, 3.05) is 18.2 Å². The second-order valence-electron chi connectivity index (χ2n) is 4.36. The van der Waals surface area contributed by atoms with Crippen molar-refractivity contribution in [2.45, 2.75) is 30.4 Å². The van der Waals surface area contributed by atoms with Crippen molar-refractivity contribution >= 4 is 15.7 Å². The van der Waals surface area contributed by atoms with Crippen molar-refractivity contribution in [1.82, 2.24) is 9.97 Å². The van der Waals surface area contributed by atoms with Crippen LogP contribution in [0.4, 0.5) is 19.0 Å². The minimum absolute atomic E-state index is 0.336. The lowest BCUT2D eigenvalue weighted by Gasteiger charge is -2.22. The third kappa shape index (κ3) is 4.51. The summed E-state index contributed by atoms with van der Waals surface area (Å²) in [5.41, 5.74) is -1.30. The molecule has 0 saturated heterocycles. The molecular formula is C10H14F3N3O4S. The van der Waals surface area contributed by atoms with E-state index in [1.54, 1.807) is 0 Å². The van der Waals surface area contributed by atoms with Gasteiger partial charge in [-0.25, -0.2) is 18.4 Å². The summed E-state index contributed by atoms with van der Waals surface area (Å²) in [5, 5.41) is 19.7. The highest BCUT2D eigenvalue weighted by molar-refractivity contribution is 7.90. The average Bonchev–Trinajstić information content (AvgIpc) is 2.32. The zero-order valence-electron chi connectivity index (χ0n) is 11.1. The number of anilines is 1. The Morgan fingerprint density at radius 2 is 2.00 bits per heavy atom. The van der Waals surface area contributed by atoms with Crippen molar-refractivity contribution in [1.29, 1.82) is 0 Å². The third-order valence-corrected chi connectivity index (χ3v) is 3.36. The van der Waals surface area contributed by atoms with E-state index in [0.717, 1.165) is 6.26 Å². The first-order valence-corrected chi connectivity index (χ1v) is 7.55. The predicted molar refractivity (Wildman–Crippen MR) is 66.3 cm³/mol. The number of alkyl halides is 3. The lowest BCUT2D eigenvalue weighted by atomic mass is 10.2. The molecule has 1 heterocycles. The average molecular weight is 329 g/mol. The molecule has 0 spiro atoms. The van der Waals surface area contributed by atoms with Gasteiger partial charge in [0.2, 0.25) is 15.0 Å². The summed E-state index contributed by atoms with van der Waals surface area (Å²) in [6.07, 6.45) is -4.93. The maximum Gasteiger partial charge on any atom is 0.421 e. The Hall–Kier alpha value is -1.46. The van der Waals surface area contributed by atoms with Gasteiger partial charge in [0.05, 0.1) is 18.8 Å². The minimum Gasteiger partial charge on any atom is -0.394 e. The maximum absolute atomic E-state index is 12.8. The molecule has 1 aromatic heterocycles. The van der Waals surface area contributed by atoms with E-state index in [-0.39, 0.29) is 0 Å². The molecule has 0 aliphatic heterocycles. The molecule has 11 heteroatoms. The number of aliphatic hydroxyl groups is 2. The summed E-state index contributed by atoms with van der Waals surface area (Å²) in [4.78, 5) is 6.50. The topological polar surface area (TPSA) is 112 Å². The number of sulfone groups is 1. The van der Waals surface area contributed by atoms with E-state index in [2.05, 4.69) is 15.3 Å². The van der Waals surface area contributed by atoms with E-state index in [0.29, 0.717) is 6.20 Å². The lowest BCUT2D eigenvalue weighted by molar-refractivity contribution is -0.137. The number of nitrogens with zero attached hydrogens (tertiary/aromatic N) is 2. The summed E-state index contributed by atoms with van der Waals surface area (Å²) in [5.74, 6) is -0.821. The molecule has 0 amide bonds. The zero-order chi connectivity index (χ0) is 16.4. The van der Waals surface area contributed by atoms with Crippen molar-refractivity contribution in [2.24, 2.45) is 0 Å². The van der Waals surface area contributed by atoms with Crippen LogP contribution in [0.15, 0.2) is 11.4 Å². The molecule has 0 aliphatic carbocycles. The number of aromatic nitrogens is 2. The Bertz CT molecular complexity index is 604. The highest BCUT2D eigenvalue weighted by Crippen LogP contribution is 2.34. The van der Waals surface area contributed by atoms with E-state index >= 15 is 0 Å². The van der Waals surface area contributed by atoms with Gasteiger partial charge in [0.1, 0.15) is 11.4 Å². The lowest BCUT2D eigenvalue weighted by Crippen LogP contribution is -2.36. The molecule has 0 radical (unpaired) electrons. The van der Waals surface area contributed by atoms with Gasteiger partial charge in [0.25, 0.3) is 0 Å². The molecule has 7 nitrogen and oxygen atoms in total. The summed E-state index contributed by atoms with van der Waals surface area (Å²) < 4.78 is 61.1. The van der Waals surface area contributed by atoms with E-state index in [4.69, 9.17) is 5.11 Å². The van der Waals surface area contributed by atoms with Crippen LogP contribution in [0, 0.1) is 0 Å². The second kappa shape index (κ2) is 6.12. The largest absolute Gasteiger partial charge is 0.421 e. The van der Waals surface area contributed by atoms with Crippen LogP contribution in [0.3, 0.4) is 0 Å². The van der Waals surface area contributed by atoms with Crippen LogP contribution >= 0.6 is 0 Å². The molecule has 1 rings (SSSR count). The van der Waals surface area contributed by atoms with Crippen molar-refractivity contribution in [3.63, 3.8) is 0 Å². The highest BCUT2D eigenvalue weighted by Gasteiger charge is 2.36. The van der Waals surface area contributed by atoms with Crippen molar-refractivity contribution in [3.05, 3.63) is 11.8 Å². The monoisotopic (exact) mass is 329 g/mol. The van der Waals surface area contributed by atoms with E-state index in [1.165, 1.54) is 6.92 Å². The third-order valence-electron chi connectivity index (χ3n) is 2.50. The summed E-state index contributed by atoms with van der Waals surface area (Å²) in [7, 11) is -3.90. The quantitative estimate of drug-likeness (QED) is 0.654. The molecule has 0 bridgehead atoms. The fourth-order valence-corrected chi connectivity index (χ4v) is 1.86. The Balaban J connectivity index is 3.36. The Morgan fingerprint density at radius 1 is 1.43 bits per heavy atom. The van der Waals surface area contributed by atoms with Gasteiger partial charge in [-0.05, 0) is 6.92 Å². The van der Waals surface area contributed by atoms with Crippen LogP contribution < -0.4 is 5.32 Å². The highest BCUT2D eigenvalue weighted by atomic mass is 32.2. The molecule has 0 aromatic carbocycles. The number of hydrogen-bond donors (Lipinski definition) is 3. The Kier molecular flexibility index (Phi) is 5.12. The molecular weight excluding hydrogens is 315 g/mol. The Morgan fingerprint density at radius 3 is 2.38 bits per heavy atom. The van der Waals surface area contributed by atoms with Crippen LogP contribution in [0.2, 0.25) is 0 Å². The van der Waals surface area contributed by atoms with Gasteiger partial charge in [-0.2, -0.15) is 13.2 Å². The Labute approximate surface area is 118 Å². The van der Waals surface area contributed by atoms with Crippen LogP contribution in [0.25, 0.3) is 0 Å². The molecule has 21 heavy (non-hydrogen) atoms. The number of aliphatic hydroxyl groups excluding tert-OH is 2. The smallest absolute Gasteiger partial charge is 0.394 e. The van der Waals surface area contributed by atoms with E-state index in [1.807, 2.05) is 0 Å². The molecule has 0 fully saturated rings. The fourth-order valence-electron chi connectivity index (χ4n) is 1.36. The van der Waals surface area contributed by atoms with Crippen LogP contribution in [0.5, 0.6) is 0 Å². The first-order chi connectivity index (χ1) is 9.46. The van der Waals surface area contributed by atoms with Crippen LogP contribution in [0.1, 0.15) is 12.5 Å². The minimum atomic E-state index is -4.82. The normalized spacial score (nSPS) is 15.6. The van der Waals surface area contributed by atoms with Crippen LogP contribution in [-0.4, -0.2) is 53.6 Å². The molecule has 3 N–H and O–H groups in total. The zero-order valence-corrected chi connectivity index (χ0v) is 11.9. The molecule has 120 valence electrons. The van der Waals surface area contributed by atoms with Gasteiger partial charge in [0, 0.05) is 12.5 Å². The molecule has 2 atom stereocenters. The molecule has 1 aromatic rings. The van der Waals surface area contributed by atoms with Crippen LogP contribution in [-0.2, 0) is 16.0 Å². The second-order valence-corrected chi connectivity index (χ2v) is 6.27. The van der Waals surface area contributed by atoms with E-state index < -0.39 is 51.3 Å². The first kappa shape index (κ1) is 17.6. The van der Waals surface area contributed by atoms with Gasteiger partial charge < -0.3 is 15.5 Å². The standard InChI is InChI=1S/C10H14F3N3O4S/c1-5(18)7(4-17)15-8-6(10(11,12)13)3-14-9(16-8)21(2,19)20/h3,5,7,17-18H,4H2,1-2H3,(H,14,15,16)/t5-,7-/m1/s1. The first-order valence-electron chi connectivity index (χ1n) is 5.66.